The molecule has 1 aliphatic rings. The number of hydrogen-bond donors (Lipinski definition) is 1. The van der Waals surface area contributed by atoms with E-state index in [4.69, 9.17) is 4.74 Å². The number of fused-ring (bicyclic) bond motifs is 1. The first-order valence-electron chi connectivity index (χ1n) is 5.41. The lowest BCUT2D eigenvalue weighted by Gasteiger charge is -2.18. The Hall–Kier alpha value is -1.25. The van der Waals surface area contributed by atoms with Crippen LogP contribution in [0.25, 0.3) is 0 Å². The number of pyridine rings is 1. The maximum Gasteiger partial charge on any atom is 0.213 e. The zero-order valence-corrected chi connectivity index (χ0v) is 9.63. The summed E-state index contributed by atoms with van der Waals surface area (Å²) in [7, 11) is 0. The summed E-state index contributed by atoms with van der Waals surface area (Å²) in [6.07, 6.45) is 1.00. The van der Waals surface area contributed by atoms with Crippen molar-refractivity contribution in [2.24, 2.45) is 5.41 Å². The summed E-state index contributed by atoms with van der Waals surface area (Å²) >= 11 is 0. The van der Waals surface area contributed by atoms with Crippen LogP contribution in [0.3, 0.4) is 0 Å². The van der Waals surface area contributed by atoms with E-state index in [1.165, 1.54) is 0 Å². The zero-order valence-electron chi connectivity index (χ0n) is 9.63. The molecular weight excluding hydrogens is 188 g/mol. The van der Waals surface area contributed by atoms with Crippen LogP contribution >= 0.6 is 0 Å². The average molecular weight is 206 g/mol. The zero-order chi connectivity index (χ0) is 10.9. The number of ether oxygens (including phenoxy) is 1. The maximum atomic E-state index is 5.66. The van der Waals surface area contributed by atoms with Gasteiger partial charge in [0.05, 0.1) is 18.0 Å². The highest BCUT2D eigenvalue weighted by atomic mass is 16.5. The minimum Gasteiger partial charge on any atom is -0.477 e. The largest absolute Gasteiger partial charge is 0.477 e. The molecule has 0 atom stereocenters. The molecule has 0 aliphatic carbocycles. The predicted octanol–water partition coefficient (Wildman–Crippen LogP) is 2.47. The van der Waals surface area contributed by atoms with E-state index in [0.29, 0.717) is 6.61 Å². The van der Waals surface area contributed by atoms with Gasteiger partial charge < -0.3 is 10.1 Å². The first-order chi connectivity index (χ1) is 7.04. The van der Waals surface area contributed by atoms with Gasteiger partial charge in [-0.15, -0.1) is 0 Å². The van der Waals surface area contributed by atoms with Gasteiger partial charge in [-0.05, 0) is 11.5 Å². The number of hydrogen-bond acceptors (Lipinski definition) is 3. The van der Waals surface area contributed by atoms with Gasteiger partial charge >= 0.3 is 0 Å². The Morgan fingerprint density at radius 1 is 1.40 bits per heavy atom. The topological polar surface area (TPSA) is 34.1 Å². The van der Waals surface area contributed by atoms with Gasteiger partial charge in [0.25, 0.3) is 0 Å². The van der Waals surface area contributed by atoms with Crippen LogP contribution in [0, 0.1) is 5.41 Å². The molecule has 2 heterocycles. The molecule has 3 nitrogen and oxygen atoms in total. The summed E-state index contributed by atoms with van der Waals surface area (Å²) in [6, 6.07) is 3.98. The van der Waals surface area contributed by atoms with Crippen molar-refractivity contribution in [1.82, 2.24) is 4.98 Å². The van der Waals surface area contributed by atoms with Crippen LogP contribution in [0.2, 0.25) is 0 Å². The Morgan fingerprint density at radius 3 is 2.93 bits per heavy atom. The quantitative estimate of drug-likeness (QED) is 0.807. The highest BCUT2D eigenvalue weighted by Crippen LogP contribution is 2.23. The van der Waals surface area contributed by atoms with Gasteiger partial charge in [-0.25, -0.2) is 4.98 Å². The third-order valence-corrected chi connectivity index (χ3v) is 2.28. The number of anilines is 1. The molecular formula is C12H18N2O. The third kappa shape index (κ3) is 2.61. The summed E-state index contributed by atoms with van der Waals surface area (Å²) in [5.41, 5.74) is 2.46. The van der Waals surface area contributed by atoms with E-state index < -0.39 is 0 Å². The lowest BCUT2D eigenvalue weighted by Crippen LogP contribution is -2.17. The molecule has 15 heavy (non-hydrogen) atoms. The van der Waals surface area contributed by atoms with Crippen molar-refractivity contribution in [1.29, 1.82) is 0 Å². The molecule has 0 saturated carbocycles. The predicted molar refractivity (Wildman–Crippen MR) is 61.4 cm³/mol. The van der Waals surface area contributed by atoms with E-state index in [0.717, 1.165) is 30.2 Å². The van der Waals surface area contributed by atoms with Gasteiger partial charge in [0, 0.05) is 19.0 Å². The van der Waals surface area contributed by atoms with Crippen LogP contribution < -0.4 is 10.1 Å². The van der Waals surface area contributed by atoms with Crippen molar-refractivity contribution in [2.75, 3.05) is 18.5 Å². The van der Waals surface area contributed by atoms with E-state index in [1.54, 1.807) is 0 Å². The van der Waals surface area contributed by atoms with Crippen LogP contribution in [-0.2, 0) is 6.42 Å². The standard InChI is InChI=1S/C12H18N2O/c1-12(2,3)8-15-11-5-4-9-10(14-11)6-7-13-9/h4-5,13H,6-8H2,1-3H3. The fourth-order valence-corrected chi connectivity index (χ4v) is 1.52. The van der Waals surface area contributed by atoms with Gasteiger partial charge in [-0.2, -0.15) is 0 Å². The number of aromatic nitrogens is 1. The molecule has 0 saturated heterocycles. The third-order valence-electron chi connectivity index (χ3n) is 2.28. The molecule has 2 rings (SSSR count). The van der Waals surface area contributed by atoms with Crippen molar-refractivity contribution in [3.05, 3.63) is 17.8 Å². The summed E-state index contributed by atoms with van der Waals surface area (Å²) in [5.74, 6) is 0.743. The van der Waals surface area contributed by atoms with Crippen molar-refractivity contribution in [3.8, 4) is 5.88 Å². The monoisotopic (exact) mass is 206 g/mol. The lowest BCUT2D eigenvalue weighted by atomic mass is 9.99. The van der Waals surface area contributed by atoms with Gasteiger partial charge in [0.15, 0.2) is 0 Å². The Morgan fingerprint density at radius 2 is 2.20 bits per heavy atom. The number of nitrogens with zero attached hydrogens (tertiary/aromatic N) is 1. The maximum absolute atomic E-state index is 5.66. The van der Waals surface area contributed by atoms with Crippen LogP contribution in [0.5, 0.6) is 5.88 Å². The number of nitrogens with one attached hydrogen (secondary N) is 1. The van der Waals surface area contributed by atoms with Gasteiger partial charge in [-0.1, -0.05) is 20.8 Å². The molecule has 1 N–H and O–H groups in total. The van der Waals surface area contributed by atoms with Gasteiger partial charge in [-0.3, -0.25) is 0 Å². The Kier molecular flexibility index (Phi) is 2.55. The first kappa shape index (κ1) is 10.3. The fraction of sp³-hybridized carbons (Fsp3) is 0.583. The van der Waals surface area contributed by atoms with E-state index in [1.807, 2.05) is 12.1 Å². The molecule has 0 radical (unpaired) electrons. The van der Waals surface area contributed by atoms with Crippen molar-refractivity contribution in [2.45, 2.75) is 27.2 Å². The molecule has 0 unspecified atom stereocenters. The average Bonchev–Trinajstić information content (AvgIpc) is 2.60. The second-order valence-electron chi connectivity index (χ2n) is 5.17. The molecule has 0 amide bonds. The second kappa shape index (κ2) is 3.72. The SMILES string of the molecule is CC(C)(C)COc1ccc2c(n1)CCN2. The summed E-state index contributed by atoms with van der Waals surface area (Å²) in [4.78, 5) is 4.47. The van der Waals surface area contributed by atoms with E-state index >= 15 is 0 Å². The van der Waals surface area contributed by atoms with Crippen LogP contribution in [0.4, 0.5) is 5.69 Å². The molecule has 1 aromatic rings. The molecule has 82 valence electrons. The van der Waals surface area contributed by atoms with E-state index in [-0.39, 0.29) is 5.41 Å². The Balaban J connectivity index is 2.04. The van der Waals surface area contributed by atoms with Crippen LogP contribution in [-0.4, -0.2) is 18.1 Å². The summed E-state index contributed by atoms with van der Waals surface area (Å²) in [5, 5.41) is 3.28. The smallest absolute Gasteiger partial charge is 0.213 e. The van der Waals surface area contributed by atoms with Crippen LogP contribution in [0.1, 0.15) is 26.5 Å². The van der Waals surface area contributed by atoms with Gasteiger partial charge in [0.1, 0.15) is 0 Å². The van der Waals surface area contributed by atoms with Crippen molar-refractivity contribution < 1.29 is 4.74 Å². The highest BCUT2D eigenvalue weighted by molar-refractivity contribution is 5.53. The first-order valence-corrected chi connectivity index (χ1v) is 5.41. The Labute approximate surface area is 90.9 Å². The molecule has 1 aromatic heterocycles. The van der Waals surface area contributed by atoms with Crippen molar-refractivity contribution in [3.63, 3.8) is 0 Å². The molecule has 0 fully saturated rings. The van der Waals surface area contributed by atoms with E-state index in [2.05, 4.69) is 31.1 Å². The normalized spacial score (nSPS) is 14.6. The number of rotatable bonds is 2. The minimum atomic E-state index is 0.180. The molecule has 0 spiro atoms. The molecule has 1 aliphatic heterocycles. The summed E-state index contributed by atoms with van der Waals surface area (Å²) < 4.78 is 5.66. The van der Waals surface area contributed by atoms with Crippen molar-refractivity contribution >= 4 is 5.69 Å². The van der Waals surface area contributed by atoms with Gasteiger partial charge in [0.2, 0.25) is 5.88 Å². The fourth-order valence-electron chi connectivity index (χ4n) is 1.52. The summed E-state index contributed by atoms with van der Waals surface area (Å²) in [6.45, 7) is 8.16. The second-order valence-corrected chi connectivity index (χ2v) is 5.17. The minimum absolute atomic E-state index is 0.180. The lowest BCUT2D eigenvalue weighted by molar-refractivity contribution is 0.191. The Bertz CT molecular complexity index is 355. The van der Waals surface area contributed by atoms with E-state index in [9.17, 15) is 0 Å². The van der Waals surface area contributed by atoms with Crippen LogP contribution in [0.15, 0.2) is 12.1 Å². The highest BCUT2D eigenvalue weighted by Gasteiger charge is 2.14. The molecule has 0 aromatic carbocycles. The molecule has 3 heteroatoms. The molecule has 0 bridgehead atoms.